The van der Waals surface area contributed by atoms with Gasteiger partial charge in [-0.2, -0.15) is 4.98 Å². The second kappa shape index (κ2) is 8.39. The molecule has 0 amide bonds. The molecule has 2 unspecified atom stereocenters. The molecule has 2 atom stereocenters. The summed E-state index contributed by atoms with van der Waals surface area (Å²) in [5.41, 5.74) is -0.604. The lowest BCUT2D eigenvalue weighted by atomic mass is 10.2. The van der Waals surface area contributed by atoms with Crippen molar-refractivity contribution < 1.29 is 28.2 Å². The van der Waals surface area contributed by atoms with Gasteiger partial charge in [0.1, 0.15) is 5.82 Å². The number of ether oxygens (including phenoxy) is 2. The van der Waals surface area contributed by atoms with E-state index >= 15 is 0 Å². The highest BCUT2D eigenvalue weighted by molar-refractivity contribution is 7.55. The molecule has 140 valence electrons. The Balaban J connectivity index is 1.69. The van der Waals surface area contributed by atoms with Crippen molar-refractivity contribution in [3.8, 4) is 0 Å². The van der Waals surface area contributed by atoms with Gasteiger partial charge in [0, 0.05) is 6.20 Å². The van der Waals surface area contributed by atoms with Crippen molar-refractivity contribution in [2.24, 2.45) is 0 Å². The van der Waals surface area contributed by atoms with E-state index in [0.717, 1.165) is 25.7 Å². The molecule has 2 aliphatic rings. The lowest BCUT2D eigenvalue weighted by Crippen LogP contribution is -2.28. The first kappa shape index (κ1) is 18.5. The molecule has 2 saturated heterocycles. The molecule has 2 aliphatic heterocycles. The van der Waals surface area contributed by atoms with E-state index in [2.05, 4.69) is 10.1 Å². The van der Waals surface area contributed by atoms with E-state index in [1.54, 1.807) is 0 Å². The second-order valence-corrected chi connectivity index (χ2v) is 7.46. The fourth-order valence-corrected chi connectivity index (χ4v) is 3.90. The van der Waals surface area contributed by atoms with Gasteiger partial charge in [0.2, 0.25) is 0 Å². The number of aliphatic hydroxyl groups is 1. The van der Waals surface area contributed by atoms with Crippen molar-refractivity contribution in [3.63, 3.8) is 0 Å². The molecular formula is C14H22N3O7P. The molecule has 10 nitrogen and oxygen atoms in total. The summed E-state index contributed by atoms with van der Waals surface area (Å²) < 4.78 is 35.2. The Labute approximate surface area is 144 Å². The Hall–Kier alpha value is -1.29. The summed E-state index contributed by atoms with van der Waals surface area (Å²) in [6.45, 7) is 0.467. The minimum atomic E-state index is -3.56. The molecule has 3 heterocycles. The molecule has 0 aromatic carbocycles. The number of aliphatic hydroxyl groups excluding tert-OH is 1. The van der Waals surface area contributed by atoms with E-state index in [-0.39, 0.29) is 19.0 Å². The third-order valence-electron chi connectivity index (χ3n) is 3.84. The number of aromatic nitrogens is 2. The SMILES string of the molecule is O=c1nc(NP2(=O)OCCCCCCO2)ccn1C1COC(CO)O1. The monoisotopic (exact) mass is 375 g/mol. The lowest BCUT2D eigenvalue weighted by Gasteiger charge is -2.19. The van der Waals surface area contributed by atoms with Crippen LogP contribution in [0.25, 0.3) is 0 Å². The van der Waals surface area contributed by atoms with Crippen LogP contribution in [0, 0.1) is 0 Å². The molecular weight excluding hydrogens is 353 g/mol. The van der Waals surface area contributed by atoms with Gasteiger partial charge >= 0.3 is 13.4 Å². The van der Waals surface area contributed by atoms with Gasteiger partial charge in [0.25, 0.3) is 0 Å². The van der Waals surface area contributed by atoms with Crippen molar-refractivity contribution in [2.45, 2.75) is 38.2 Å². The number of hydrogen-bond acceptors (Lipinski definition) is 8. The van der Waals surface area contributed by atoms with E-state index in [1.165, 1.54) is 16.8 Å². The normalized spacial score (nSPS) is 27.2. The summed E-state index contributed by atoms with van der Waals surface area (Å²) in [4.78, 5) is 16.0. The van der Waals surface area contributed by atoms with Gasteiger partial charge in [-0.05, 0) is 18.9 Å². The average molecular weight is 375 g/mol. The number of anilines is 1. The summed E-state index contributed by atoms with van der Waals surface area (Å²) in [5, 5.41) is 11.6. The van der Waals surface area contributed by atoms with E-state index in [1.807, 2.05) is 0 Å². The summed E-state index contributed by atoms with van der Waals surface area (Å²) in [5.74, 6) is 0.0986. The first-order valence-corrected chi connectivity index (χ1v) is 9.78. The van der Waals surface area contributed by atoms with Crippen molar-refractivity contribution in [2.75, 3.05) is 31.5 Å². The predicted octanol–water partition coefficient (Wildman–Crippen LogP) is 1.23. The molecule has 3 rings (SSSR count). The summed E-state index contributed by atoms with van der Waals surface area (Å²) in [7, 11) is -3.56. The van der Waals surface area contributed by atoms with Gasteiger partial charge in [-0.15, -0.1) is 0 Å². The molecule has 0 saturated carbocycles. The Morgan fingerprint density at radius 2 is 2.00 bits per heavy atom. The van der Waals surface area contributed by atoms with Gasteiger partial charge < -0.3 is 14.6 Å². The fraction of sp³-hybridized carbons (Fsp3) is 0.714. The second-order valence-electron chi connectivity index (χ2n) is 5.73. The average Bonchev–Trinajstić information content (AvgIpc) is 3.08. The molecule has 1 aromatic rings. The molecule has 0 bridgehead atoms. The molecule has 11 heteroatoms. The van der Waals surface area contributed by atoms with Gasteiger partial charge in [-0.25, -0.2) is 9.36 Å². The predicted molar refractivity (Wildman–Crippen MR) is 87.0 cm³/mol. The van der Waals surface area contributed by atoms with E-state index in [0.29, 0.717) is 13.2 Å². The molecule has 2 N–H and O–H groups in total. The number of rotatable bonds is 4. The fourth-order valence-electron chi connectivity index (χ4n) is 2.55. The summed E-state index contributed by atoms with van der Waals surface area (Å²) >= 11 is 0. The summed E-state index contributed by atoms with van der Waals surface area (Å²) in [6, 6.07) is 1.48. The lowest BCUT2D eigenvalue weighted by molar-refractivity contribution is -0.0992. The Morgan fingerprint density at radius 1 is 1.28 bits per heavy atom. The number of nitrogens with zero attached hydrogens (tertiary/aromatic N) is 2. The van der Waals surface area contributed by atoms with Crippen molar-refractivity contribution >= 4 is 13.6 Å². The quantitative estimate of drug-likeness (QED) is 0.748. The molecule has 0 radical (unpaired) electrons. The van der Waals surface area contributed by atoms with Crippen molar-refractivity contribution in [1.82, 2.24) is 9.55 Å². The summed E-state index contributed by atoms with van der Waals surface area (Å²) in [6.07, 6.45) is 3.62. The highest BCUT2D eigenvalue weighted by Gasteiger charge is 2.29. The number of nitrogens with one attached hydrogen (secondary N) is 1. The maximum absolute atomic E-state index is 12.7. The van der Waals surface area contributed by atoms with Crippen molar-refractivity contribution in [1.29, 1.82) is 0 Å². The van der Waals surface area contributed by atoms with Crippen LogP contribution in [-0.4, -0.2) is 47.4 Å². The largest absolute Gasteiger partial charge is 0.433 e. The Kier molecular flexibility index (Phi) is 6.21. The molecule has 0 spiro atoms. The van der Waals surface area contributed by atoms with Crippen LogP contribution in [0.15, 0.2) is 17.1 Å². The van der Waals surface area contributed by atoms with Crippen LogP contribution in [0.5, 0.6) is 0 Å². The maximum atomic E-state index is 12.7. The van der Waals surface area contributed by atoms with Gasteiger partial charge in [-0.3, -0.25) is 18.7 Å². The van der Waals surface area contributed by atoms with Crippen LogP contribution in [0.1, 0.15) is 31.9 Å². The zero-order chi connectivity index (χ0) is 17.7. The van der Waals surface area contributed by atoms with Gasteiger partial charge in [0.05, 0.1) is 26.4 Å². The zero-order valence-corrected chi connectivity index (χ0v) is 14.6. The maximum Gasteiger partial charge on any atom is 0.433 e. The van der Waals surface area contributed by atoms with Crippen LogP contribution in [0.2, 0.25) is 0 Å². The molecule has 25 heavy (non-hydrogen) atoms. The van der Waals surface area contributed by atoms with Crippen LogP contribution < -0.4 is 10.8 Å². The molecule has 1 aromatic heterocycles. The first-order valence-electron chi connectivity index (χ1n) is 8.24. The first-order chi connectivity index (χ1) is 12.1. The van der Waals surface area contributed by atoms with E-state index in [4.69, 9.17) is 23.6 Å². The Morgan fingerprint density at radius 3 is 2.60 bits per heavy atom. The number of hydrogen-bond donors (Lipinski definition) is 2. The van der Waals surface area contributed by atoms with Crippen LogP contribution in [0.3, 0.4) is 0 Å². The highest BCUT2D eigenvalue weighted by atomic mass is 31.2. The molecule has 2 fully saturated rings. The Bertz CT molecular complexity index is 669. The minimum absolute atomic E-state index is 0.0986. The van der Waals surface area contributed by atoms with Gasteiger partial charge in [0.15, 0.2) is 12.5 Å². The highest BCUT2D eigenvalue weighted by Crippen LogP contribution is 2.48. The van der Waals surface area contributed by atoms with E-state index < -0.39 is 26.0 Å². The van der Waals surface area contributed by atoms with Crippen molar-refractivity contribution in [3.05, 3.63) is 22.7 Å². The van der Waals surface area contributed by atoms with Crippen LogP contribution >= 0.6 is 7.75 Å². The van der Waals surface area contributed by atoms with E-state index in [9.17, 15) is 9.36 Å². The van der Waals surface area contributed by atoms with Crippen LogP contribution in [0.4, 0.5) is 5.82 Å². The smallest absolute Gasteiger partial charge is 0.391 e. The molecule has 0 aliphatic carbocycles. The third kappa shape index (κ3) is 4.87. The zero-order valence-electron chi connectivity index (χ0n) is 13.7. The minimum Gasteiger partial charge on any atom is -0.391 e. The third-order valence-corrected chi connectivity index (χ3v) is 5.38. The standard InChI is InChI=1S/C14H22N3O7P/c18-9-13-21-10-12(24-13)17-6-5-11(15-14(17)19)16-25(20)22-7-3-1-2-4-8-23-25/h5-6,12-13,18H,1-4,7-10H2,(H,15,16,19,20). The van der Waals surface area contributed by atoms with Crippen LogP contribution in [-0.2, 0) is 23.1 Å². The van der Waals surface area contributed by atoms with Gasteiger partial charge in [-0.1, -0.05) is 12.8 Å². The topological polar surface area (TPSA) is 121 Å².